The fourth-order valence-electron chi connectivity index (χ4n) is 4.88. The van der Waals surface area contributed by atoms with E-state index in [1.54, 1.807) is 7.11 Å². The molecule has 2 aliphatic rings. The van der Waals surface area contributed by atoms with Gasteiger partial charge in [0.05, 0.1) is 35.3 Å². The number of aliphatic hydroxyl groups is 1. The van der Waals surface area contributed by atoms with Gasteiger partial charge in [0, 0.05) is 32.1 Å². The monoisotopic (exact) mass is 464 g/mol. The van der Waals surface area contributed by atoms with Gasteiger partial charge in [-0.2, -0.15) is 0 Å². The number of carbonyl (C=O) groups excluding carboxylic acids is 2. The number of allylic oxidation sites excluding steroid dienone is 2. The molecular formula is C27H32N2O5. The fraction of sp³-hybridized carbons (Fsp3) is 0.481. The Labute approximate surface area is 199 Å². The van der Waals surface area contributed by atoms with Crippen molar-refractivity contribution in [2.45, 2.75) is 66.2 Å². The molecule has 0 saturated heterocycles. The number of hydrogen-bond acceptors (Lipinski definition) is 7. The number of nitrogens with zero attached hydrogens (tertiary/aromatic N) is 2. The van der Waals surface area contributed by atoms with Gasteiger partial charge in [-0.25, -0.2) is 0 Å². The molecule has 1 N–H and O–H groups in total. The molecule has 0 bridgehead atoms. The molecule has 0 amide bonds. The molecule has 1 aromatic heterocycles. The molecule has 0 spiro atoms. The van der Waals surface area contributed by atoms with Crippen molar-refractivity contribution in [2.75, 3.05) is 7.11 Å². The van der Waals surface area contributed by atoms with Gasteiger partial charge in [-0.1, -0.05) is 32.9 Å². The van der Waals surface area contributed by atoms with Crippen molar-refractivity contribution in [2.24, 2.45) is 15.8 Å². The number of benzene rings is 1. The van der Waals surface area contributed by atoms with Crippen molar-refractivity contribution in [1.29, 1.82) is 0 Å². The first-order valence-corrected chi connectivity index (χ1v) is 11.7. The minimum Gasteiger partial charge on any atom is -0.511 e. The standard InChI is InChI=1S/C27H32N2O5/c1-26(2)12-19(28-16-6-8-17(33-5)9-7-16)24(21(31)13-26)20(30)11-10-18-25-22(32)14-27(3,4)15-23(25)34-29-18/h6-9,30H,10-15H2,1-5H3/b24-20+,28-19?. The summed E-state index contributed by atoms with van der Waals surface area (Å²) in [5, 5.41) is 15.1. The lowest BCUT2D eigenvalue weighted by Gasteiger charge is -2.31. The molecule has 34 heavy (non-hydrogen) atoms. The third kappa shape index (κ3) is 4.98. The summed E-state index contributed by atoms with van der Waals surface area (Å²) in [4.78, 5) is 30.5. The molecule has 0 radical (unpaired) electrons. The summed E-state index contributed by atoms with van der Waals surface area (Å²) in [5.41, 5.74) is 2.21. The smallest absolute Gasteiger partial charge is 0.168 e. The second-order valence-corrected chi connectivity index (χ2v) is 10.9. The molecule has 4 rings (SSSR count). The van der Waals surface area contributed by atoms with Crippen LogP contribution in [-0.4, -0.2) is 34.7 Å². The highest BCUT2D eigenvalue weighted by Gasteiger charge is 2.38. The van der Waals surface area contributed by atoms with Gasteiger partial charge in [-0.05, 0) is 41.5 Å². The van der Waals surface area contributed by atoms with Crippen LogP contribution >= 0.6 is 0 Å². The Balaban J connectivity index is 1.62. The van der Waals surface area contributed by atoms with Gasteiger partial charge < -0.3 is 14.4 Å². The Morgan fingerprint density at radius 1 is 1.03 bits per heavy atom. The molecule has 180 valence electrons. The summed E-state index contributed by atoms with van der Waals surface area (Å²) in [6.07, 6.45) is 2.48. The van der Waals surface area contributed by atoms with Crippen LogP contribution in [0.3, 0.4) is 0 Å². The van der Waals surface area contributed by atoms with Crippen LogP contribution < -0.4 is 4.74 Å². The van der Waals surface area contributed by atoms with Gasteiger partial charge in [0.2, 0.25) is 0 Å². The van der Waals surface area contributed by atoms with Crippen molar-refractivity contribution in [3.05, 3.63) is 52.6 Å². The summed E-state index contributed by atoms with van der Waals surface area (Å²) in [7, 11) is 1.60. The van der Waals surface area contributed by atoms with E-state index in [2.05, 4.69) is 5.16 Å². The van der Waals surface area contributed by atoms with Gasteiger partial charge in [-0.15, -0.1) is 0 Å². The average Bonchev–Trinajstić information content (AvgIpc) is 3.13. The van der Waals surface area contributed by atoms with E-state index >= 15 is 0 Å². The number of rotatable bonds is 5. The summed E-state index contributed by atoms with van der Waals surface area (Å²) in [5.74, 6) is 1.21. The quantitative estimate of drug-likeness (QED) is 0.447. The van der Waals surface area contributed by atoms with E-state index in [1.165, 1.54) is 0 Å². The second-order valence-electron chi connectivity index (χ2n) is 10.9. The highest BCUT2D eigenvalue weighted by Crippen LogP contribution is 2.38. The molecule has 1 heterocycles. The third-order valence-corrected chi connectivity index (χ3v) is 6.47. The number of aryl methyl sites for hydroxylation is 1. The maximum Gasteiger partial charge on any atom is 0.168 e. The Bertz CT molecular complexity index is 1180. The number of hydrogen-bond donors (Lipinski definition) is 1. The average molecular weight is 465 g/mol. The van der Waals surface area contributed by atoms with E-state index in [9.17, 15) is 14.7 Å². The lowest BCUT2D eigenvalue weighted by molar-refractivity contribution is -0.117. The summed E-state index contributed by atoms with van der Waals surface area (Å²) >= 11 is 0. The minimum absolute atomic E-state index is 0.0203. The van der Waals surface area contributed by atoms with E-state index in [-0.39, 0.29) is 40.1 Å². The van der Waals surface area contributed by atoms with Crippen LogP contribution in [0.15, 0.2) is 45.1 Å². The Morgan fingerprint density at radius 3 is 2.35 bits per heavy atom. The van der Waals surface area contributed by atoms with Crippen molar-refractivity contribution < 1.29 is 24.0 Å². The van der Waals surface area contributed by atoms with Crippen LogP contribution in [0.4, 0.5) is 5.69 Å². The molecule has 7 heteroatoms. The number of ether oxygens (including phenoxy) is 1. The zero-order chi connectivity index (χ0) is 24.7. The molecule has 0 atom stereocenters. The highest BCUT2D eigenvalue weighted by atomic mass is 16.5. The zero-order valence-corrected chi connectivity index (χ0v) is 20.5. The number of aliphatic imine (C=N–C) groups is 1. The predicted octanol–water partition coefficient (Wildman–Crippen LogP) is 5.74. The van der Waals surface area contributed by atoms with Crippen molar-refractivity contribution >= 4 is 23.0 Å². The maximum atomic E-state index is 13.1. The summed E-state index contributed by atoms with van der Waals surface area (Å²) < 4.78 is 10.7. The molecule has 1 fully saturated rings. The minimum atomic E-state index is -0.253. The van der Waals surface area contributed by atoms with Crippen LogP contribution in [0.5, 0.6) is 5.75 Å². The SMILES string of the molecule is COc1ccc(N=C2CC(C)(C)CC(=O)/C2=C(/O)CCc2noc3c2C(=O)CC(C)(C)C3)cc1. The lowest BCUT2D eigenvalue weighted by Crippen LogP contribution is -2.32. The van der Waals surface area contributed by atoms with E-state index in [1.807, 2.05) is 52.0 Å². The first-order chi connectivity index (χ1) is 16.0. The second kappa shape index (κ2) is 8.85. The van der Waals surface area contributed by atoms with E-state index < -0.39 is 0 Å². The van der Waals surface area contributed by atoms with Gasteiger partial charge >= 0.3 is 0 Å². The molecular weight excluding hydrogens is 432 g/mol. The normalized spacial score (nSPS) is 22.0. The summed E-state index contributed by atoms with van der Waals surface area (Å²) in [6.45, 7) is 8.12. The van der Waals surface area contributed by atoms with E-state index in [0.29, 0.717) is 60.5 Å². The molecule has 0 aliphatic heterocycles. The Morgan fingerprint density at radius 2 is 1.68 bits per heavy atom. The van der Waals surface area contributed by atoms with E-state index in [0.717, 1.165) is 5.75 Å². The molecule has 7 nitrogen and oxygen atoms in total. The van der Waals surface area contributed by atoms with Gasteiger partial charge in [-0.3, -0.25) is 14.6 Å². The first kappa shape index (κ1) is 23.9. The number of methoxy groups -OCH3 is 1. The highest BCUT2D eigenvalue weighted by molar-refractivity contribution is 6.25. The predicted molar refractivity (Wildman–Crippen MR) is 129 cm³/mol. The van der Waals surface area contributed by atoms with Crippen LogP contribution in [0.2, 0.25) is 0 Å². The maximum absolute atomic E-state index is 13.1. The fourth-order valence-corrected chi connectivity index (χ4v) is 4.88. The van der Waals surface area contributed by atoms with Crippen molar-refractivity contribution in [3.8, 4) is 5.75 Å². The van der Waals surface area contributed by atoms with Crippen LogP contribution in [0.25, 0.3) is 0 Å². The van der Waals surface area contributed by atoms with Gasteiger partial charge in [0.25, 0.3) is 0 Å². The summed E-state index contributed by atoms with van der Waals surface area (Å²) in [6, 6.07) is 7.26. The number of fused-ring (bicyclic) bond motifs is 1. The zero-order valence-electron chi connectivity index (χ0n) is 20.5. The van der Waals surface area contributed by atoms with Crippen molar-refractivity contribution in [3.63, 3.8) is 0 Å². The number of ketones is 2. The van der Waals surface area contributed by atoms with Gasteiger partial charge in [0.1, 0.15) is 17.3 Å². The first-order valence-electron chi connectivity index (χ1n) is 11.7. The number of carbonyl (C=O) groups is 2. The molecule has 1 saturated carbocycles. The largest absolute Gasteiger partial charge is 0.511 e. The van der Waals surface area contributed by atoms with Gasteiger partial charge in [0.15, 0.2) is 11.6 Å². The van der Waals surface area contributed by atoms with E-state index in [4.69, 9.17) is 14.3 Å². The Kier molecular flexibility index (Phi) is 6.23. The molecule has 2 aliphatic carbocycles. The van der Waals surface area contributed by atoms with Crippen molar-refractivity contribution in [1.82, 2.24) is 5.16 Å². The number of aromatic nitrogens is 1. The van der Waals surface area contributed by atoms with Crippen LogP contribution in [0, 0.1) is 10.8 Å². The topological polar surface area (TPSA) is 102 Å². The lowest BCUT2D eigenvalue weighted by atomic mass is 9.73. The van der Waals surface area contributed by atoms with Crippen LogP contribution in [-0.2, 0) is 17.6 Å². The van der Waals surface area contributed by atoms with Crippen LogP contribution in [0.1, 0.15) is 75.2 Å². The molecule has 2 aromatic rings. The molecule has 1 aromatic carbocycles. The number of Topliss-reactive ketones (excluding diaryl/α,β-unsaturated/α-hetero) is 2. The number of aliphatic hydroxyl groups excluding tert-OH is 1. The Hall–Kier alpha value is -3.22. The third-order valence-electron chi connectivity index (χ3n) is 6.47. The molecule has 0 unspecified atom stereocenters.